The lowest BCUT2D eigenvalue weighted by Crippen LogP contribution is -2.16. The van der Waals surface area contributed by atoms with Crippen molar-refractivity contribution in [2.75, 3.05) is 5.32 Å². The molecular formula is C20H14N2O4. The quantitative estimate of drug-likeness (QED) is 0.428. The predicted octanol–water partition coefficient (Wildman–Crippen LogP) is 4.08. The van der Waals surface area contributed by atoms with E-state index in [1.807, 2.05) is 0 Å². The van der Waals surface area contributed by atoms with E-state index >= 15 is 0 Å². The van der Waals surface area contributed by atoms with Gasteiger partial charge in [0.25, 0.3) is 11.6 Å². The van der Waals surface area contributed by atoms with Crippen molar-refractivity contribution in [3.8, 4) is 0 Å². The number of rotatable bonds is 5. The molecule has 0 bridgehead atoms. The summed E-state index contributed by atoms with van der Waals surface area (Å²) in [6.07, 6.45) is 0. The van der Waals surface area contributed by atoms with Gasteiger partial charge in [0.2, 0.25) is 0 Å². The SMILES string of the molecule is O=C(c1ccccc1)c1ccccc1NC(=O)c1ccccc1[N+](=O)[O-]. The highest BCUT2D eigenvalue weighted by molar-refractivity contribution is 6.15. The molecule has 0 fully saturated rings. The maximum absolute atomic E-state index is 12.7. The van der Waals surface area contributed by atoms with Gasteiger partial charge in [0.05, 0.1) is 10.6 Å². The lowest BCUT2D eigenvalue weighted by molar-refractivity contribution is -0.385. The first-order chi connectivity index (χ1) is 12.6. The number of ketones is 1. The predicted molar refractivity (Wildman–Crippen MR) is 97.4 cm³/mol. The number of hydrogen-bond acceptors (Lipinski definition) is 4. The fourth-order valence-electron chi connectivity index (χ4n) is 2.55. The minimum absolute atomic E-state index is 0.0699. The summed E-state index contributed by atoms with van der Waals surface area (Å²) in [5.41, 5.74) is 0.728. The van der Waals surface area contributed by atoms with Crippen LogP contribution in [0, 0.1) is 10.1 Å². The zero-order valence-corrected chi connectivity index (χ0v) is 13.6. The molecule has 1 amide bonds. The zero-order valence-electron chi connectivity index (χ0n) is 13.6. The van der Waals surface area contributed by atoms with Gasteiger partial charge >= 0.3 is 0 Å². The average Bonchev–Trinajstić information content (AvgIpc) is 2.68. The molecule has 3 aromatic rings. The number of amides is 1. The Morgan fingerprint density at radius 3 is 2.04 bits per heavy atom. The van der Waals surface area contributed by atoms with E-state index in [9.17, 15) is 19.7 Å². The standard InChI is InChI=1S/C20H14N2O4/c23-19(14-8-2-1-3-9-14)15-10-4-6-12-17(15)21-20(24)16-11-5-7-13-18(16)22(25)26/h1-13H,(H,21,24). The van der Waals surface area contributed by atoms with E-state index in [1.54, 1.807) is 60.7 Å². The molecule has 6 heteroatoms. The summed E-state index contributed by atoms with van der Waals surface area (Å²) >= 11 is 0. The van der Waals surface area contributed by atoms with Crippen molar-refractivity contribution in [3.05, 3.63) is 106 Å². The number of nitro groups is 1. The van der Waals surface area contributed by atoms with Crippen LogP contribution in [0.3, 0.4) is 0 Å². The van der Waals surface area contributed by atoms with Crippen LogP contribution in [0.4, 0.5) is 11.4 Å². The molecule has 1 N–H and O–H groups in total. The van der Waals surface area contributed by atoms with E-state index < -0.39 is 10.8 Å². The molecule has 6 nitrogen and oxygen atoms in total. The third-order valence-corrected chi connectivity index (χ3v) is 3.80. The van der Waals surface area contributed by atoms with Crippen LogP contribution >= 0.6 is 0 Å². The lowest BCUT2D eigenvalue weighted by Gasteiger charge is -2.10. The van der Waals surface area contributed by atoms with E-state index in [-0.39, 0.29) is 17.0 Å². The van der Waals surface area contributed by atoms with E-state index in [1.165, 1.54) is 18.2 Å². The summed E-state index contributed by atoms with van der Waals surface area (Å²) < 4.78 is 0. The minimum atomic E-state index is -0.648. The summed E-state index contributed by atoms with van der Waals surface area (Å²) in [6.45, 7) is 0. The van der Waals surface area contributed by atoms with Crippen LogP contribution in [0.5, 0.6) is 0 Å². The molecule has 0 saturated heterocycles. The van der Waals surface area contributed by atoms with Crippen LogP contribution < -0.4 is 5.32 Å². The monoisotopic (exact) mass is 346 g/mol. The molecule has 0 aliphatic heterocycles. The molecule has 0 atom stereocenters. The molecule has 0 aliphatic carbocycles. The maximum atomic E-state index is 12.7. The first kappa shape index (κ1) is 17.0. The molecule has 0 aliphatic rings. The number of hydrogen-bond donors (Lipinski definition) is 1. The van der Waals surface area contributed by atoms with E-state index in [4.69, 9.17) is 0 Å². The first-order valence-electron chi connectivity index (χ1n) is 7.81. The van der Waals surface area contributed by atoms with Gasteiger partial charge in [0.1, 0.15) is 5.56 Å². The molecule has 0 heterocycles. The summed E-state index contributed by atoms with van der Waals surface area (Å²) in [4.78, 5) is 35.7. The molecular weight excluding hydrogens is 332 g/mol. The number of nitrogens with zero attached hydrogens (tertiary/aromatic N) is 1. The number of para-hydroxylation sites is 2. The summed E-state index contributed by atoms with van der Waals surface area (Å²) in [7, 11) is 0. The molecule has 26 heavy (non-hydrogen) atoms. The normalized spacial score (nSPS) is 10.2. The van der Waals surface area contributed by atoms with Crippen LogP contribution in [-0.4, -0.2) is 16.6 Å². The number of nitro benzene ring substituents is 1. The molecule has 3 rings (SSSR count). The molecule has 0 aromatic heterocycles. The number of nitrogens with one attached hydrogen (secondary N) is 1. The van der Waals surface area contributed by atoms with Gasteiger partial charge in [0.15, 0.2) is 5.78 Å². The Labute approximate surface area is 149 Å². The van der Waals surface area contributed by atoms with E-state index in [0.717, 1.165) is 0 Å². The first-order valence-corrected chi connectivity index (χ1v) is 7.81. The Kier molecular flexibility index (Phi) is 4.85. The number of anilines is 1. The Morgan fingerprint density at radius 2 is 1.35 bits per heavy atom. The van der Waals surface area contributed by atoms with Crippen molar-refractivity contribution < 1.29 is 14.5 Å². The number of carbonyl (C=O) groups is 2. The van der Waals surface area contributed by atoms with Gasteiger partial charge in [0, 0.05) is 17.2 Å². The third kappa shape index (κ3) is 3.49. The van der Waals surface area contributed by atoms with Crippen LogP contribution in [0.25, 0.3) is 0 Å². The van der Waals surface area contributed by atoms with Gasteiger partial charge in [-0.25, -0.2) is 0 Å². The topological polar surface area (TPSA) is 89.3 Å². The van der Waals surface area contributed by atoms with Gasteiger partial charge < -0.3 is 5.32 Å². The fourth-order valence-corrected chi connectivity index (χ4v) is 2.55. The van der Waals surface area contributed by atoms with Crippen LogP contribution in [-0.2, 0) is 0 Å². The van der Waals surface area contributed by atoms with Crippen molar-refractivity contribution in [3.63, 3.8) is 0 Å². The second-order valence-corrected chi connectivity index (χ2v) is 5.47. The smallest absolute Gasteiger partial charge is 0.282 e. The Hall–Kier alpha value is -3.80. The fraction of sp³-hybridized carbons (Fsp3) is 0. The second kappa shape index (κ2) is 7.40. The number of carbonyl (C=O) groups excluding carboxylic acids is 2. The van der Waals surface area contributed by atoms with Gasteiger partial charge in [-0.2, -0.15) is 0 Å². The van der Waals surface area contributed by atoms with Crippen molar-refractivity contribution >= 4 is 23.1 Å². The van der Waals surface area contributed by atoms with Crippen molar-refractivity contribution in [2.45, 2.75) is 0 Å². The largest absolute Gasteiger partial charge is 0.321 e. The minimum Gasteiger partial charge on any atom is -0.321 e. The highest BCUT2D eigenvalue weighted by Gasteiger charge is 2.21. The molecule has 3 aromatic carbocycles. The molecule has 0 saturated carbocycles. The van der Waals surface area contributed by atoms with Crippen molar-refractivity contribution in [1.29, 1.82) is 0 Å². The van der Waals surface area contributed by atoms with Crippen LogP contribution in [0.2, 0.25) is 0 Å². The Morgan fingerprint density at radius 1 is 0.769 bits per heavy atom. The molecule has 0 radical (unpaired) electrons. The van der Waals surface area contributed by atoms with Gasteiger partial charge in [-0.3, -0.25) is 19.7 Å². The van der Waals surface area contributed by atoms with Crippen molar-refractivity contribution in [2.24, 2.45) is 0 Å². The van der Waals surface area contributed by atoms with E-state index in [2.05, 4.69) is 5.32 Å². The summed E-state index contributed by atoms with van der Waals surface area (Å²) in [5.74, 6) is -0.894. The number of benzene rings is 3. The Bertz CT molecular complexity index is 984. The Balaban J connectivity index is 1.94. The molecule has 128 valence electrons. The highest BCUT2D eigenvalue weighted by atomic mass is 16.6. The van der Waals surface area contributed by atoms with Gasteiger partial charge in [-0.05, 0) is 18.2 Å². The average molecular weight is 346 g/mol. The maximum Gasteiger partial charge on any atom is 0.282 e. The molecule has 0 spiro atoms. The summed E-state index contributed by atoms with van der Waals surface area (Å²) in [5, 5.41) is 13.7. The second-order valence-electron chi connectivity index (χ2n) is 5.47. The van der Waals surface area contributed by atoms with E-state index in [0.29, 0.717) is 16.8 Å². The van der Waals surface area contributed by atoms with Crippen LogP contribution in [0.15, 0.2) is 78.9 Å². The van der Waals surface area contributed by atoms with Crippen LogP contribution in [0.1, 0.15) is 26.3 Å². The highest BCUT2D eigenvalue weighted by Crippen LogP contribution is 2.23. The molecule has 0 unspecified atom stereocenters. The lowest BCUT2D eigenvalue weighted by atomic mass is 10.0. The summed E-state index contributed by atoms with van der Waals surface area (Å²) in [6, 6.07) is 20.9. The zero-order chi connectivity index (χ0) is 18.5. The van der Waals surface area contributed by atoms with Crippen molar-refractivity contribution in [1.82, 2.24) is 0 Å². The third-order valence-electron chi connectivity index (χ3n) is 3.80. The van der Waals surface area contributed by atoms with Gasteiger partial charge in [-0.15, -0.1) is 0 Å². The van der Waals surface area contributed by atoms with Gasteiger partial charge in [-0.1, -0.05) is 54.6 Å².